The van der Waals surface area contributed by atoms with Crippen molar-refractivity contribution < 1.29 is 19.0 Å². The Morgan fingerprint density at radius 3 is 2.48 bits per heavy atom. The molecule has 3 aromatic rings. The monoisotopic (exact) mass is 449 g/mol. The van der Waals surface area contributed by atoms with Crippen LogP contribution in [-0.2, 0) is 9.02 Å². The molecule has 0 fully saturated rings. The van der Waals surface area contributed by atoms with Crippen LogP contribution in [0.2, 0.25) is 5.02 Å². The van der Waals surface area contributed by atoms with Crippen molar-refractivity contribution in [2.24, 2.45) is 0 Å². The van der Waals surface area contributed by atoms with E-state index in [1.54, 1.807) is 12.6 Å². The molecule has 8 heteroatoms. The molecule has 0 bridgehead atoms. The summed E-state index contributed by atoms with van der Waals surface area (Å²) in [5.41, 5.74) is 6.40. The van der Waals surface area contributed by atoms with Crippen LogP contribution in [-0.4, -0.2) is 17.8 Å². The number of carbonyl (C=O) groups excluding carboxylic acids is 1. The van der Waals surface area contributed by atoms with Crippen LogP contribution in [0.1, 0.15) is 27.7 Å². The SMILES string of the molecule is CCOC(=O)c1sc(-c2ccc(Cl)cc2)c(C)c1-c1ccc(SONO)c(C)c1. The molecule has 0 radical (unpaired) electrons. The van der Waals surface area contributed by atoms with Gasteiger partial charge in [0.25, 0.3) is 0 Å². The first-order chi connectivity index (χ1) is 14.0. The second-order valence-corrected chi connectivity index (χ2v) is 8.46. The molecular weight excluding hydrogens is 430 g/mol. The molecule has 2 N–H and O–H groups in total. The molecule has 3 rings (SSSR count). The van der Waals surface area contributed by atoms with E-state index in [4.69, 9.17) is 25.8 Å². The second kappa shape index (κ2) is 9.75. The van der Waals surface area contributed by atoms with Crippen LogP contribution in [0.25, 0.3) is 21.6 Å². The summed E-state index contributed by atoms with van der Waals surface area (Å²) in [5.74, 6) is -0.334. The van der Waals surface area contributed by atoms with Gasteiger partial charge in [-0.05, 0) is 61.2 Å². The highest BCUT2D eigenvalue weighted by Crippen LogP contribution is 2.43. The molecule has 2 aromatic carbocycles. The van der Waals surface area contributed by atoms with Gasteiger partial charge in [-0.3, -0.25) is 5.21 Å². The minimum atomic E-state index is -0.334. The van der Waals surface area contributed by atoms with Gasteiger partial charge in [0.15, 0.2) is 0 Å². The van der Waals surface area contributed by atoms with Crippen molar-refractivity contribution in [1.82, 2.24) is 5.64 Å². The topological polar surface area (TPSA) is 67.8 Å². The van der Waals surface area contributed by atoms with Crippen LogP contribution in [0.3, 0.4) is 0 Å². The third kappa shape index (κ3) is 4.83. The largest absolute Gasteiger partial charge is 0.462 e. The number of hydrogen-bond acceptors (Lipinski definition) is 7. The Labute approximate surface area is 182 Å². The third-order valence-corrected chi connectivity index (χ3v) is 6.71. The van der Waals surface area contributed by atoms with Crippen molar-refractivity contribution in [3.63, 3.8) is 0 Å². The summed E-state index contributed by atoms with van der Waals surface area (Å²) in [6, 6.07) is 13.4. The first-order valence-electron chi connectivity index (χ1n) is 8.86. The Hall–Kier alpha value is -1.87. The van der Waals surface area contributed by atoms with Crippen molar-refractivity contribution in [2.75, 3.05) is 6.61 Å². The second-order valence-electron chi connectivity index (χ2n) is 6.23. The van der Waals surface area contributed by atoms with Gasteiger partial charge in [-0.1, -0.05) is 41.5 Å². The molecule has 5 nitrogen and oxygen atoms in total. The summed E-state index contributed by atoms with van der Waals surface area (Å²) in [4.78, 5) is 15.1. The number of hydrogen-bond donors (Lipinski definition) is 2. The van der Waals surface area contributed by atoms with Gasteiger partial charge in [-0.25, -0.2) is 9.08 Å². The highest BCUT2D eigenvalue weighted by molar-refractivity contribution is 7.94. The van der Waals surface area contributed by atoms with E-state index in [-0.39, 0.29) is 5.97 Å². The van der Waals surface area contributed by atoms with Crippen molar-refractivity contribution in [2.45, 2.75) is 25.7 Å². The van der Waals surface area contributed by atoms with Crippen LogP contribution >= 0.6 is 35.0 Å². The van der Waals surface area contributed by atoms with Gasteiger partial charge >= 0.3 is 5.97 Å². The maximum atomic E-state index is 12.7. The fourth-order valence-corrected chi connectivity index (χ4v) is 4.84. The van der Waals surface area contributed by atoms with Crippen LogP contribution in [0, 0.1) is 13.8 Å². The van der Waals surface area contributed by atoms with Gasteiger partial charge < -0.3 is 4.74 Å². The summed E-state index contributed by atoms with van der Waals surface area (Å²) >= 11 is 8.46. The molecule has 0 unspecified atom stereocenters. The average molecular weight is 450 g/mol. The van der Waals surface area contributed by atoms with E-state index in [2.05, 4.69) is 0 Å². The molecule has 29 heavy (non-hydrogen) atoms. The normalized spacial score (nSPS) is 10.9. The fourth-order valence-electron chi connectivity index (χ4n) is 3.04. The Bertz CT molecular complexity index is 1020. The first-order valence-corrected chi connectivity index (χ1v) is 10.8. The molecule has 0 saturated carbocycles. The minimum Gasteiger partial charge on any atom is -0.462 e. The molecule has 0 saturated heterocycles. The van der Waals surface area contributed by atoms with E-state index >= 15 is 0 Å². The van der Waals surface area contributed by atoms with E-state index in [0.29, 0.717) is 16.5 Å². The summed E-state index contributed by atoms with van der Waals surface area (Å²) in [5, 5.41) is 9.28. The lowest BCUT2D eigenvalue weighted by Gasteiger charge is -2.10. The summed E-state index contributed by atoms with van der Waals surface area (Å²) in [7, 11) is 0. The highest BCUT2D eigenvalue weighted by Gasteiger charge is 2.24. The van der Waals surface area contributed by atoms with Crippen LogP contribution in [0.15, 0.2) is 47.4 Å². The average Bonchev–Trinajstić information content (AvgIpc) is 3.05. The summed E-state index contributed by atoms with van der Waals surface area (Å²) in [6.45, 7) is 6.06. The molecule has 0 amide bonds. The molecule has 0 aliphatic heterocycles. The lowest BCUT2D eigenvalue weighted by Crippen LogP contribution is -2.04. The van der Waals surface area contributed by atoms with Gasteiger partial charge in [0.1, 0.15) is 4.88 Å². The quantitative estimate of drug-likeness (QED) is 0.245. The number of aryl methyl sites for hydroxylation is 1. The Morgan fingerprint density at radius 1 is 1.17 bits per heavy atom. The van der Waals surface area contributed by atoms with Crippen LogP contribution < -0.4 is 5.64 Å². The molecule has 152 valence electrons. The first kappa shape index (κ1) is 21.8. The number of nitrogens with one attached hydrogen (secondary N) is 1. The van der Waals surface area contributed by atoms with E-state index < -0.39 is 0 Å². The fraction of sp³-hybridized carbons (Fsp3) is 0.190. The van der Waals surface area contributed by atoms with Crippen molar-refractivity contribution in [3.8, 4) is 21.6 Å². The van der Waals surface area contributed by atoms with Crippen molar-refractivity contribution >= 4 is 40.9 Å². The third-order valence-electron chi connectivity index (χ3n) is 4.35. The lowest BCUT2D eigenvalue weighted by atomic mass is 9.97. The molecular formula is C21H20ClNO4S2. The van der Waals surface area contributed by atoms with E-state index in [0.717, 1.165) is 49.6 Å². The summed E-state index contributed by atoms with van der Waals surface area (Å²) in [6.07, 6.45) is 0. The van der Waals surface area contributed by atoms with Crippen LogP contribution in [0.4, 0.5) is 0 Å². The zero-order valence-electron chi connectivity index (χ0n) is 16.1. The Kier molecular flexibility index (Phi) is 7.34. The predicted molar refractivity (Wildman–Crippen MR) is 117 cm³/mol. The lowest BCUT2D eigenvalue weighted by molar-refractivity contribution is -0.0273. The number of carbonyl (C=O) groups is 1. The number of ether oxygens (including phenoxy) is 1. The number of benzene rings is 2. The smallest absolute Gasteiger partial charge is 0.348 e. The molecule has 0 atom stereocenters. The Morgan fingerprint density at radius 2 is 1.86 bits per heavy atom. The highest BCUT2D eigenvalue weighted by atomic mass is 35.5. The molecule has 0 spiro atoms. The number of rotatable bonds is 7. The van der Waals surface area contributed by atoms with Gasteiger partial charge in [0.2, 0.25) is 0 Å². The van der Waals surface area contributed by atoms with Crippen molar-refractivity contribution in [3.05, 3.63) is 63.5 Å². The van der Waals surface area contributed by atoms with E-state index in [9.17, 15) is 4.79 Å². The Balaban J connectivity index is 2.12. The van der Waals surface area contributed by atoms with E-state index in [1.165, 1.54) is 11.3 Å². The zero-order valence-corrected chi connectivity index (χ0v) is 18.5. The maximum Gasteiger partial charge on any atom is 0.348 e. The molecule has 0 aliphatic rings. The van der Waals surface area contributed by atoms with Gasteiger partial charge in [0.05, 0.1) is 18.6 Å². The minimum absolute atomic E-state index is 0.311. The zero-order chi connectivity index (χ0) is 21.0. The molecule has 1 aromatic heterocycles. The predicted octanol–water partition coefficient (Wildman–Crippen LogP) is 6.45. The standard InChI is InChI=1S/C21H20ClNO4S2/c1-4-26-21(24)20-18(15-7-10-17(12(2)11-15)29-27-23-25)13(3)19(28-20)14-5-8-16(22)9-6-14/h5-11,23,25H,4H2,1-3H3. The number of thiophene rings is 1. The number of esters is 1. The molecule has 1 heterocycles. The summed E-state index contributed by atoms with van der Waals surface area (Å²) < 4.78 is 10.1. The van der Waals surface area contributed by atoms with Crippen molar-refractivity contribution in [1.29, 1.82) is 0 Å². The van der Waals surface area contributed by atoms with Gasteiger partial charge in [-0.15, -0.1) is 11.3 Å². The van der Waals surface area contributed by atoms with Crippen LogP contribution in [0.5, 0.6) is 0 Å². The van der Waals surface area contributed by atoms with E-state index in [1.807, 2.05) is 56.3 Å². The molecule has 0 aliphatic carbocycles. The number of halogens is 1. The van der Waals surface area contributed by atoms with Gasteiger partial charge in [0, 0.05) is 20.4 Å². The maximum absolute atomic E-state index is 12.7. The van der Waals surface area contributed by atoms with Gasteiger partial charge in [-0.2, -0.15) is 0 Å².